The van der Waals surface area contributed by atoms with Crippen LogP contribution in [-0.4, -0.2) is 48.4 Å². The lowest BCUT2D eigenvalue weighted by Crippen LogP contribution is -2.54. The Balaban J connectivity index is 2.27. The highest BCUT2D eigenvalue weighted by molar-refractivity contribution is 7.94. The second-order valence-electron chi connectivity index (χ2n) is 8.97. The number of rotatable bonds is 6. The van der Waals surface area contributed by atoms with Gasteiger partial charge in [0.1, 0.15) is 21.5 Å². The molecule has 1 fully saturated rings. The van der Waals surface area contributed by atoms with E-state index < -0.39 is 31.5 Å². The van der Waals surface area contributed by atoms with E-state index in [0.717, 1.165) is 13.0 Å². The van der Waals surface area contributed by atoms with Crippen LogP contribution >= 0.6 is 0 Å². The van der Waals surface area contributed by atoms with Crippen LogP contribution in [0.3, 0.4) is 0 Å². The first kappa shape index (κ1) is 22.5. The molecule has 8 nitrogen and oxygen atoms in total. The minimum atomic E-state index is -4.10. The molecule has 9 heteroatoms. The zero-order chi connectivity index (χ0) is 21.3. The summed E-state index contributed by atoms with van der Waals surface area (Å²) in [6.07, 6.45) is 1.43. The fraction of sp³-hybridized carbons (Fsp3) is 0.737. The van der Waals surface area contributed by atoms with Gasteiger partial charge in [0.25, 0.3) is 0 Å². The fourth-order valence-electron chi connectivity index (χ4n) is 3.34. The summed E-state index contributed by atoms with van der Waals surface area (Å²) < 4.78 is 30.1. The van der Waals surface area contributed by atoms with E-state index >= 15 is 0 Å². The predicted octanol–water partition coefficient (Wildman–Crippen LogP) is 2.06. The van der Waals surface area contributed by atoms with E-state index in [1.54, 1.807) is 6.07 Å². The van der Waals surface area contributed by atoms with Crippen LogP contribution in [0, 0.1) is 5.92 Å². The van der Waals surface area contributed by atoms with Crippen molar-refractivity contribution in [2.75, 3.05) is 18.4 Å². The van der Waals surface area contributed by atoms with Gasteiger partial charge in [-0.15, -0.1) is 0 Å². The molecule has 0 saturated carbocycles. The molecule has 0 aliphatic carbocycles. The Bertz CT molecular complexity index is 830. The van der Waals surface area contributed by atoms with Gasteiger partial charge in [0, 0.05) is 11.5 Å². The quantitative estimate of drug-likeness (QED) is 0.733. The second-order valence-corrected chi connectivity index (χ2v) is 11.6. The van der Waals surface area contributed by atoms with Crippen molar-refractivity contribution in [3.05, 3.63) is 11.8 Å². The summed E-state index contributed by atoms with van der Waals surface area (Å²) in [5.41, 5.74) is -0.300. The number of nitrogens with zero attached hydrogens (tertiary/aromatic N) is 1. The van der Waals surface area contributed by atoms with Gasteiger partial charge in [0.15, 0.2) is 15.7 Å². The van der Waals surface area contributed by atoms with Crippen molar-refractivity contribution in [2.45, 2.75) is 69.8 Å². The second kappa shape index (κ2) is 7.94. The molecule has 28 heavy (non-hydrogen) atoms. The maximum atomic E-state index is 13.3. The SMILES string of the molecule is CC(=O)C(C1CCCNC1)S(=O)(=O)C(C)(C)C(=O)Nc1cc(C(C)(C)C)on1. The van der Waals surface area contributed by atoms with Crippen LogP contribution in [-0.2, 0) is 24.8 Å². The lowest BCUT2D eigenvalue weighted by Gasteiger charge is -2.34. The molecule has 1 amide bonds. The number of Topliss-reactive ketones (excluding diaryl/α,β-unsaturated/α-hetero) is 1. The summed E-state index contributed by atoms with van der Waals surface area (Å²) >= 11 is 0. The number of nitrogens with one attached hydrogen (secondary N) is 2. The summed E-state index contributed by atoms with van der Waals surface area (Å²) in [5, 5.41) is 8.26. The summed E-state index contributed by atoms with van der Waals surface area (Å²) in [7, 11) is -4.10. The summed E-state index contributed by atoms with van der Waals surface area (Å²) in [6.45, 7) is 11.0. The lowest BCUT2D eigenvalue weighted by atomic mass is 9.93. The van der Waals surface area contributed by atoms with E-state index in [-0.39, 0.29) is 17.2 Å². The highest BCUT2D eigenvalue weighted by Gasteiger charge is 2.51. The van der Waals surface area contributed by atoms with Crippen molar-refractivity contribution in [3.8, 4) is 0 Å². The Morgan fingerprint density at radius 3 is 2.39 bits per heavy atom. The number of amides is 1. The zero-order valence-corrected chi connectivity index (χ0v) is 18.3. The highest BCUT2D eigenvalue weighted by atomic mass is 32.2. The van der Waals surface area contributed by atoms with E-state index in [1.165, 1.54) is 20.8 Å². The first-order valence-corrected chi connectivity index (χ1v) is 11.1. The minimum Gasteiger partial charge on any atom is -0.359 e. The molecule has 1 saturated heterocycles. The van der Waals surface area contributed by atoms with Crippen molar-refractivity contribution in [3.63, 3.8) is 0 Å². The Hall–Kier alpha value is -1.74. The largest absolute Gasteiger partial charge is 0.359 e. The third-order valence-electron chi connectivity index (χ3n) is 5.25. The topological polar surface area (TPSA) is 118 Å². The van der Waals surface area contributed by atoms with Gasteiger partial charge in [-0.1, -0.05) is 25.9 Å². The normalized spacial score (nSPS) is 19.9. The summed E-state index contributed by atoms with van der Waals surface area (Å²) in [5.74, 6) is -0.805. The van der Waals surface area contributed by atoms with Crippen LogP contribution in [0.4, 0.5) is 5.82 Å². The number of carbonyl (C=O) groups is 2. The van der Waals surface area contributed by atoms with E-state index in [9.17, 15) is 18.0 Å². The van der Waals surface area contributed by atoms with Crippen LogP contribution in [0.15, 0.2) is 10.6 Å². The minimum absolute atomic E-state index is 0.150. The Morgan fingerprint density at radius 1 is 1.29 bits per heavy atom. The van der Waals surface area contributed by atoms with Gasteiger partial charge in [0.05, 0.1) is 0 Å². The Labute approximate surface area is 166 Å². The number of anilines is 1. The number of ketones is 1. The number of sulfone groups is 1. The molecule has 2 N–H and O–H groups in total. The summed E-state index contributed by atoms with van der Waals surface area (Å²) in [4.78, 5) is 25.1. The molecule has 0 aromatic carbocycles. The average molecular weight is 414 g/mol. The number of aromatic nitrogens is 1. The molecule has 2 unspecified atom stereocenters. The molecule has 1 aliphatic rings. The molecular formula is C19H31N3O5S. The molecule has 2 heterocycles. The third kappa shape index (κ3) is 4.46. The highest BCUT2D eigenvalue weighted by Crippen LogP contribution is 2.31. The fourth-order valence-corrected chi connectivity index (χ4v) is 5.46. The zero-order valence-electron chi connectivity index (χ0n) is 17.5. The van der Waals surface area contributed by atoms with E-state index in [0.29, 0.717) is 18.7 Å². The van der Waals surface area contributed by atoms with E-state index in [4.69, 9.17) is 4.52 Å². The molecule has 158 valence electrons. The smallest absolute Gasteiger partial charge is 0.246 e. The van der Waals surface area contributed by atoms with Crippen molar-refractivity contribution < 1.29 is 22.5 Å². The first-order chi connectivity index (χ1) is 12.8. The predicted molar refractivity (Wildman–Crippen MR) is 107 cm³/mol. The number of hydrogen-bond donors (Lipinski definition) is 2. The Kier molecular flexibility index (Phi) is 6.40. The van der Waals surface area contributed by atoms with Crippen molar-refractivity contribution >= 4 is 27.3 Å². The van der Waals surface area contributed by atoms with Gasteiger partial charge >= 0.3 is 0 Å². The lowest BCUT2D eigenvalue weighted by molar-refractivity contribution is -0.118. The van der Waals surface area contributed by atoms with Gasteiger partial charge in [-0.25, -0.2) is 8.42 Å². The van der Waals surface area contributed by atoms with Crippen LogP contribution in [0.25, 0.3) is 0 Å². The summed E-state index contributed by atoms with van der Waals surface area (Å²) in [6, 6.07) is 1.58. The molecular weight excluding hydrogens is 382 g/mol. The van der Waals surface area contributed by atoms with Crippen molar-refractivity contribution in [1.29, 1.82) is 0 Å². The van der Waals surface area contributed by atoms with Crippen LogP contribution in [0.2, 0.25) is 0 Å². The molecule has 2 rings (SSSR count). The van der Waals surface area contributed by atoms with Crippen LogP contribution in [0.1, 0.15) is 60.1 Å². The molecule has 0 spiro atoms. The number of carbonyl (C=O) groups excluding carboxylic acids is 2. The van der Waals surface area contributed by atoms with Gasteiger partial charge in [-0.3, -0.25) is 9.59 Å². The number of piperidine rings is 1. The van der Waals surface area contributed by atoms with E-state index in [1.807, 2.05) is 20.8 Å². The third-order valence-corrected chi connectivity index (χ3v) is 8.24. The Morgan fingerprint density at radius 2 is 1.93 bits per heavy atom. The van der Waals surface area contributed by atoms with Gasteiger partial charge in [-0.2, -0.15) is 0 Å². The van der Waals surface area contributed by atoms with Crippen molar-refractivity contribution in [2.24, 2.45) is 5.92 Å². The molecule has 0 bridgehead atoms. The van der Waals surface area contributed by atoms with Crippen molar-refractivity contribution in [1.82, 2.24) is 10.5 Å². The maximum Gasteiger partial charge on any atom is 0.246 e. The molecule has 2 atom stereocenters. The molecule has 1 aromatic heterocycles. The van der Waals surface area contributed by atoms with Gasteiger partial charge < -0.3 is 15.2 Å². The van der Waals surface area contributed by atoms with Gasteiger partial charge in [0.2, 0.25) is 5.91 Å². The first-order valence-electron chi connectivity index (χ1n) is 9.51. The maximum absolute atomic E-state index is 13.3. The molecule has 1 aliphatic heterocycles. The average Bonchev–Trinajstić information content (AvgIpc) is 3.04. The van der Waals surface area contributed by atoms with Crippen LogP contribution < -0.4 is 10.6 Å². The molecule has 1 aromatic rings. The number of hydrogen-bond acceptors (Lipinski definition) is 7. The van der Waals surface area contributed by atoms with Gasteiger partial charge in [-0.05, 0) is 52.6 Å². The van der Waals surface area contributed by atoms with E-state index in [2.05, 4.69) is 15.8 Å². The standard InChI is InChI=1S/C19H31N3O5S/c1-12(23)16(13-8-7-9-20-11-13)28(25,26)19(5,6)17(24)21-15-10-14(27-22-15)18(2,3)4/h10,13,16,20H,7-9,11H2,1-6H3,(H,21,22,24). The van der Waals surface area contributed by atoms with Crippen LogP contribution in [0.5, 0.6) is 0 Å². The monoisotopic (exact) mass is 413 g/mol. The molecule has 0 radical (unpaired) electrons.